The molecular weight excluding hydrogens is 350 g/mol. The van der Waals surface area contributed by atoms with Crippen LogP contribution in [0.3, 0.4) is 0 Å². The Morgan fingerprint density at radius 2 is 1.93 bits per heavy atom. The molecule has 0 aliphatic carbocycles. The van der Waals surface area contributed by atoms with Gasteiger partial charge in [-0.15, -0.1) is 0 Å². The third-order valence-electron chi connectivity index (χ3n) is 4.76. The van der Waals surface area contributed by atoms with E-state index in [1.165, 1.54) is 5.56 Å². The molecule has 1 aromatic carbocycles. The van der Waals surface area contributed by atoms with E-state index in [0.717, 1.165) is 55.4 Å². The van der Waals surface area contributed by atoms with E-state index < -0.39 is 0 Å². The van der Waals surface area contributed by atoms with Crippen molar-refractivity contribution in [2.75, 3.05) is 24.5 Å². The normalized spacial score (nSPS) is 14.4. The van der Waals surface area contributed by atoms with Crippen molar-refractivity contribution < 1.29 is 4.79 Å². The molecule has 3 rings (SSSR count). The number of rotatable bonds is 7. The minimum absolute atomic E-state index is 0.216. The lowest BCUT2D eigenvalue weighted by molar-refractivity contribution is -0.117. The molecule has 6 heteroatoms. The van der Waals surface area contributed by atoms with Crippen LogP contribution in [0.5, 0.6) is 0 Å². The van der Waals surface area contributed by atoms with Crippen LogP contribution in [0, 0.1) is 6.92 Å². The SMILES string of the molecule is CCNC(=NCc1ccc(N2CCCC2=O)cc1)NCCc1ccc(C)nc1. The second kappa shape index (κ2) is 9.88. The van der Waals surface area contributed by atoms with E-state index >= 15 is 0 Å². The number of amides is 1. The number of guanidine groups is 1. The van der Waals surface area contributed by atoms with Gasteiger partial charge in [-0.1, -0.05) is 18.2 Å². The van der Waals surface area contributed by atoms with Gasteiger partial charge in [-0.3, -0.25) is 9.78 Å². The van der Waals surface area contributed by atoms with Crippen molar-refractivity contribution in [1.29, 1.82) is 0 Å². The summed E-state index contributed by atoms with van der Waals surface area (Å²) in [5.74, 6) is 1.02. The fraction of sp³-hybridized carbons (Fsp3) is 0.409. The topological polar surface area (TPSA) is 69.6 Å². The van der Waals surface area contributed by atoms with Crippen molar-refractivity contribution in [2.45, 2.75) is 39.7 Å². The minimum Gasteiger partial charge on any atom is -0.357 e. The number of nitrogens with zero attached hydrogens (tertiary/aromatic N) is 3. The molecule has 0 bridgehead atoms. The molecule has 2 heterocycles. The second-order valence-electron chi connectivity index (χ2n) is 7.00. The van der Waals surface area contributed by atoms with Gasteiger partial charge in [0.05, 0.1) is 6.54 Å². The Bertz CT molecular complexity index is 799. The maximum Gasteiger partial charge on any atom is 0.227 e. The number of aromatic nitrogens is 1. The first kappa shape index (κ1) is 19.9. The Morgan fingerprint density at radius 3 is 2.57 bits per heavy atom. The number of aryl methyl sites for hydroxylation is 1. The van der Waals surface area contributed by atoms with E-state index in [1.54, 1.807) is 0 Å². The highest BCUT2D eigenvalue weighted by molar-refractivity contribution is 5.95. The zero-order valence-corrected chi connectivity index (χ0v) is 16.7. The van der Waals surface area contributed by atoms with E-state index in [-0.39, 0.29) is 5.91 Å². The number of pyridine rings is 1. The number of aliphatic imine (C=N–C) groups is 1. The van der Waals surface area contributed by atoms with Gasteiger partial charge in [0.15, 0.2) is 5.96 Å². The van der Waals surface area contributed by atoms with Crippen LogP contribution in [-0.4, -0.2) is 36.5 Å². The van der Waals surface area contributed by atoms with Crippen LogP contribution in [0.1, 0.15) is 36.6 Å². The third kappa shape index (κ3) is 5.55. The molecule has 1 amide bonds. The first-order chi connectivity index (χ1) is 13.7. The maximum atomic E-state index is 11.8. The Hall–Kier alpha value is -2.89. The van der Waals surface area contributed by atoms with Gasteiger partial charge >= 0.3 is 0 Å². The molecule has 6 nitrogen and oxygen atoms in total. The molecule has 1 aliphatic rings. The number of nitrogens with one attached hydrogen (secondary N) is 2. The number of carbonyl (C=O) groups excluding carboxylic acids is 1. The van der Waals surface area contributed by atoms with Gasteiger partial charge in [0.25, 0.3) is 0 Å². The van der Waals surface area contributed by atoms with Crippen LogP contribution in [0.15, 0.2) is 47.6 Å². The Balaban J connectivity index is 1.53. The summed E-state index contributed by atoms with van der Waals surface area (Å²) in [7, 11) is 0. The van der Waals surface area contributed by atoms with Gasteiger partial charge in [-0.25, -0.2) is 4.99 Å². The molecule has 0 unspecified atom stereocenters. The summed E-state index contributed by atoms with van der Waals surface area (Å²) < 4.78 is 0. The molecule has 2 aromatic rings. The van der Waals surface area contributed by atoms with Crippen LogP contribution in [0.25, 0.3) is 0 Å². The van der Waals surface area contributed by atoms with Gasteiger partial charge in [-0.2, -0.15) is 0 Å². The smallest absolute Gasteiger partial charge is 0.227 e. The average Bonchev–Trinajstić information content (AvgIpc) is 3.14. The molecule has 1 saturated heterocycles. The first-order valence-electron chi connectivity index (χ1n) is 9.98. The standard InChI is InChI=1S/C22H29N5O/c1-3-23-22(24-13-12-19-7-6-17(2)25-15-19)26-16-18-8-10-20(11-9-18)27-14-4-5-21(27)28/h6-11,15H,3-5,12-14,16H2,1-2H3,(H2,23,24,26). The fourth-order valence-corrected chi connectivity index (χ4v) is 3.19. The molecule has 1 fully saturated rings. The quantitative estimate of drug-likeness (QED) is 0.573. The predicted molar refractivity (Wildman–Crippen MR) is 114 cm³/mol. The highest BCUT2D eigenvalue weighted by Gasteiger charge is 2.21. The van der Waals surface area contributed by atoms with Crippen molar-refractivity contribution in [2.24, 2.45) is 4.99 Å². The van der Waals surface area contributed by atoms with Crippen molar-refractivity contribution in [1.82, 2.24) is 15.6 Å². The summed E-state index contributed by atoms with van der Waals surface area (Å²) in [5.41, 5.74) is 4.34. The highest BCUT2D eigenvalue weighted by atomic mass is 16.2. The summed E-state index contributed by atoms with van der Waals surface area (Å²) >= 11 is 0. The summed E-state index contributed by atoms with van der Waals surface area (Å²) in [6.07, 6.45) is 4.42. The number of anilines is 1. The van der Waals surface area contributed by atoms with Crippen molar-refractivity contribution >= 4 is 17.6 Å². The first-order valence-corrected chi connectivity index (χ1v) is 9.98. The Morgan fingerprint density at radius 1 is 1.14 bits per heavy atom. The molecule has 28 heavy (non-hydrogen) atoms. The lowest BCUT2D eigenvalue weighted by atomic mass is 10.2. The molecular formula is C22H29N5O. The lowest BCUT2D eigenvalue weighted by Gasteiger charge is -2.16. The average molecular weight is 380 g/mol. The Labute approximate surface area is 167 Å². The van der Waals surface area contributed by atoms with Gasteiger partial charge in [0.2, 0.25) is 5.91 Å². The van der Waals surface area contributed by atoms with Gasteiger partial charge in [-0.05, 0) is 56.0 Å². The molecule has 0 radical (unpaired) electrons. The summed E-state index contributed by atoms with van der Waals surface area (Å²) in [6, 6.07) is 12.3. The van der Waals surface area contributed by atoms with E-state index in [9.17, 15) is 4.79 Å². The third-order valence-corrected chi connectivity index (χ3v) is 4.76. The summed E-state index contributed by atoms with van der Waals surface area (Å²) in [4.78, 5) is 22.7. The second-order valence-corrected chi connectivity index (χ2v) is 7.00. The lowest BCUT2D eigenvalue weighted by Crippen LogP contribution is -2.38. The van der Waals surface area contributed by atoms with E-state index in [1.807, 2.05) is 48.4 Å². The van der Waals surface area contributed by atoms with Crippen LogP contribution in [0.2, 0.25) is 0 Å². The van der Waals surface area contributed by atoms with E-state index in [0.29, 0.717) is 13.0 Å². The number of hydrogen-bond acceptors (Lipinski definition) is 3. The molecule has 0 atom stereocenters. The predicted octanol–water partition coefficient (Wildman–Crippen LogP) is 2.81. The zero-order valence-electron chi connectivity index (χ0n) is 16.7. The highest BCUT2D eigenvalue weighted by Crippen LogP contribution is 2.21. The van der Waals surface area contributed by atoms with Crippen molar-refractivity contribution in [3.05, 3.63) is 59.4 Å². The van der Waals surface area contributed by atoms with Gasteiger partial charge in [0.1, 0.15) is 0 Å². The summed E-state index contributed by atoms with van der Waals surface area (Å²) in [6.45, 7) is 7.08. The number of carbonyl (C=O) groups is 1. The van der Waals surface area contributed by atoms with Crippen molar-refractivity contribution in [3.8, 4) is 0 Å². The van der Waals surface area contributed by atoms with E-state index in [2.05, 4.69) is 33.6 Å². The number of hydrogen-bond donors (Lipinski definition) is 2. The molecule has 2 N–H and O–H groups in total. The van der Waals surface area contributed by atoms with Gasteiger partial charge < -0.3 is 15.5 Å². The zero-order chi connectivity index (χ0) is 19.8. The van der Waals surface area contributed by atoms with E-state index in [4.69, 9.17) is 0 Å². The Kier molecular flexibility index (Phi) is 7.00. The van der Waals surface area contributed by atoms with Crippen LogP contribution in [-0.2, 0) is 17.8 Å². The van der Waals surface area contributed by atoms with Crippen LogP contribution < -0.4 is 15.5 Å². The largest absolute Gasteiger partial charge is 0.357 e. The molecule has 1 aromatic heterocycles. The van der Waals surface area contributed by atoms with Crippen LogP contribution in [0.4, 0.5) is 5.69 Å². The molecule has 148 valence electrons. The molecule has 1 aliphatic heterocycles. The molecule has 0 spiro atoms. The maximum absolute atomic E-state index is 11.8. The monoisotopic (exact) mass is 379 g/mol. The minimum atomic E-state index is 0.216. The number of benzene rings is 1. The van der Waals surface area contributed by atoms with Crippen molar-refractivity contribution in [3.63, 3.8) is 0 Å². The van der Waals surface area contributed by atoms with Crippen LogP contribution >= 0.6 is 0 Å². The fourth-order valence-electron chi connectivity index (χ4n) is 3.19. The van der Waals surface area contributed by atoms with Gasteiger partial charge in [0, 0.05) is 43.6 Å². The molecule has 0 saturated carbocycles. The summed E-state index contributed by atoms with van der Waals surface area (Å²) in [5, 5.41) is 6.65.